The molecule has 0 bridgehead atoms. The number of carbonyl (C=O) groups is 3. The molecule has 2 amide bonds. The maximum absolute atomic E-state index is 12.8. The smallest absolute Gasteiger partial charge is 0.353 e. The van der Waals surface area contributed by atoms with Gasteiger partial charge in [0.25, 0.3) is 11.8 Å². The van der Waals surface area contributed by atoms with E-state index >= 15 is 0 Å². The maximum Gasteiger partial charge on any atom is 0.353 e. The van der Waals surface area contributed by atoms with Crippen molar-refractivity contribution in [2.24, 2.45) is 5.16 Å². The molecule has 32 heavy (non-hydrogen) atoms. The topological polar surface area (TPSA) is 184 Å². The number of β-lactam (4-membered cyclic amide) rings is 1. The van der Waals surface area contributed by atoms with Gasteiger partial charge in [0.15, 0.2) is 10.1 Å². The lowest BCUT2D eigenvalue weighted by Gasteiger charge is -2.49. The Balaban J connectivity index is 1.54. The number of pyridine rings is 1. The molecule has 2 aromatic rings. The number of allylic oxidation sites excluding steroid dienone is 1. The summed E-state index contributed by atoms with van der Waals surface area (Å²) in [6.07, 6.45) is 0.785. The van der Waals surface area contributed by atoms with E-state index in [2.05, 4.69) is 25.7 Å². The Labute approximate surface area is 193 Å². The van der Waals surface area contributed by atoms with Crippen LogP contribution < -0.4 is 11.1 Å². The number of carboxylic acids is 1. The number of hydrogen-bond acceptors (Lipinski definition) is 11. The first-order valence-corrected chi connectivity index (χ1v) is 11.1. The van der Waals surface area contributed by atoms with Crippen LogP contribution in [0.4, 0.5) is 5.82 Å². The largest absolute Gasteiger partial charge is 0.477 e. The third kappa shape index (κ3) is 3.87. The van der Waals surface area contributed by atoms with Crippen molar-refractivity contribution in [3.05, 3.63) is 39.0 Å². The number of amides is 2. The minimum absolute atomic E-state index is 0.0239. The van der Waals surface area contributed by atoms with Crippen LogP contribution in [0.15, 0.2) is 37.7 Å². The Morgan fingerprint density at radius 1 is 1.41 bits per heavy atom. The Bertz CT molecular complexity index is 1170. The Kier molecular flexibility index (Phi) is 5.99. The Morgan fingerprint density at radius 2 is 2.19 bits per heavy atom. The van der Waals surface area contributed by atoms with Gasteiger partial charge < -0.3 is 21.4 Å². The van der Waals surface area contributed by atoms with Crippen molar-refractivity contribution in [1.29, 1.82) is 0 Å². The monoisotopic (exact) mass is 495 g/mol. The molecule has 2 aliphatic rings. The van der Waals surface area contributed by atoms with Crippen molar-refractivity contribution in [1.82, 2.24) is 25.4 Å². The number of hydrogen-bond donors (Lipinski definition) is 4. The molecule has 0 aliphatic carbocycles. The first kappa shape index (κ1) is 22.0. The molecule has 0 saturated carbocycles. The molecule has 2 unspecified atom stereocenters. The van der Waals surface area contributed by atoms with E-state index in [0.717, 1.165) is 16.7 Å². The fourth-order valence-corrected chi connectivity index (χ4v) is 5.37. The summed E-state index contributed by atoms with van der Waals surface area (Å²) in [6.45, 7) is 0. The van der Waals surface area contributed by atoms with Crippen LogP contribution in [0, 0.1) is 0 Å². The molecule has 2 atom stereocenters. The van der Waals surface area contributed by atoms with E-state index in [1.807, 2.05) is 0 Å². The van der Waals surface area contributed by atoms with Crippen LogP contribution in [0.1, 0.15) is 18.5 Å². The van der Waals surface area contributed by atoms with E-state index in [-0.39, 0.29) is 22.2 Å². The SMILES string of the molecule is Nc1ccc(Cl)c(/C(=N/O)C(=O)NC2C(=O)N3C(C(=O)O)=C(Sc4nncs4)CCC23)n1. The number of nitrogens with one attached hydrogen (secondary N) is 1. The highest BCUT2D eigenvalue weighted by Crippen LogP contribution is 2.43. The number of carbonyl (C=O) groups excluding carboxylic acids is 2. The zero-order chi connectivity index (χ0) is 23.0. The number of nitrogens with zero attached hydrogens (tertiary/aromatic N) is 5. The summed E-state index contributed by atoms with van der Waals surface area (Å²) in [4.78, 5) is 42.9. The molecular formula is C17H14ClN7O5S2. The van der Waals surface area contributed by atoms with Gasteiger partial charge in [0.2, 0.25) is 0 Å². The summed E-state index contributed by atoms with van der Waals surface area (Å²) in [5.41, 5.74) is 6.31. The Hall–Kier alpha value is -3.23. The number of fused-ring (bicyclic) bond motifs is 1. The van der Waals surface area contributed by atoms with Crippen molar-refractivity contribution in [2.75, 3.05) is 5.73 Å². The molecule has 0 aromatic carbocycles. The second-order valence-electron chi connectivity index (χ2n) is 6.66. The summed E-state index contributed by atoms with van der Waals surface area (Å²) in [5, 5.41) is 32.1. The average molecular weight is 496 g/mol. The van der Waals surface area contributed by atoms with Crippen molar-refractivity contribution < 1.29 is 24.7 Å². The van der Waals surface area contributed by atoms with Gasteiger partial charge in [-0.1, -0.05) is 39.9 Å². The summed E-state index contributed by atoms with van der Waals surface area (Å²) in [5.74, 6) is -2.71. The van der Waals surface area contributed by atoms with Crippen LogP contribution in [0.5, 0.6) is 0 Å². The molecule has 1 saturated heterocycles. The van der Waals surface area contributed by atoms with Crippen LogP contribution in [0.3, 0.4) is 0 Å². The third-order valence-corrected chi connectivity index (χ3v) is 7.07. The van der Waals surface area contributed by atoms with Crippen molar-refractivity contribution >= 4 is 64.0 Å². The van der Waals surface area contributed by atoms with Gasteiger partial charge in [0.05, 0.1) is 11.1 Å². The maximum atomic E-state index is 12.8. The van der Waals surface area contributed by atoms with E-state index in [9.17, 15) is 24.7 Å². The van der Waals surface area contributed by atoms with Gasteiger partial charge in [-0.05, 0) is 25.0 Å². The summed E-state index contributed by atoms with van der Waals surface area (Å²) in [6, 6.07) is 1.23. The molecule has 15 heteroatoms. The van der Waals surface area contributed by atoms with Crippen LogP contribution in [-0.4, -0.2) is 66.0 Å². The molecule has 166 valence electrons. The zero-order valence-electron chi connectivity index (χ0n) is 15.9. The summed E-state index contributed by atoms with van der Waals surface area (Å²) in [7, 11) is 0. The normalized spacial score (nSPS) is 20.6. The van der Waals surface area contributed by atoms with Gasteiger partial charge in [-0.15, -0.1) is 10.2 Å². The second kappa shape index (κ2) is 8.72. The van der Waals surface area contributed by atoms with Crippen molar-refractivity contribution in [2.45, 2.75) is 29.3 Å². The molecule has 0 spiro atoms. The van der Waals surface area contributed by atoms with Gasteiger partial charge in [0.1, 0.15) is 28.8 Å². The number of halogens is 1. The number of nitrogen functional groups attached to an aromatic ring is 1. The van der Waals surface area contributed by atoms with Crippen LogP contribution >= 0.6 is 34.7 Å². The lowest BCUT2D eigenvalue weighted by Crippen LogP contribution is -2.72. The zero-order valence-corrected chi connectivity index (χ0v) is 18.3. The van der Waals surface area contributed by atoms with E-state index in [1.54, 1.807) is 0 Å². The third-order valence-electron chi connectivity index (χ3n) is 4.84. The highest BCUT2D eigenvalue weighted by Gasteiger charge is 2.54. The molecule has 4 heterocycles. The first-order valence-electron chi connectivity index (χ1n) is 9.00. The minimum atomic E-state index is -1.26. The molecule has 2 aliphatic heterocycles. The number of oxime groups is 1. The van der Waals surface area contributed by atoms with E-state index in [4.69, 9.17) is 17.3 Å². The average Bonchev–Trinajstić information content (AvgIpc) is 3.27. The van der Waals surface area contributed by atoms with Gasteiger partial charge in [-0.25, -0.2) is 9.78 Å². The van der Waals surface area contributed by atoms with Gasteiger partial charge >= 0.3 is 5.97 Å². The molecule has 1 fully saturated rings. The van der Waals surface area contributed by atoms with Gasteiger partial charge in [-0.3, -0.25) is 14.5 Å². The number of aliphatic carboxylic acids is 1. The van der Waals surface area contributed by atoms with Gasteiger partial charge in [-0.2, -0.15) is 0 Å². The van der Waals surface area contributed by atoms with Crippen LogP contribution in [0.2, 0.25) is 5.02 Å². The fraction of sp³-hybridized carbons (Fsp3) is 0.235. The molecule has 0 radical (unpaired) electrons. The standard InChI is InChI=1S/C17H14ClN7O5S2/c18-6-1-4-9(19)21-10(6)12(24-30)14(26)22-11-7-2-3-8(32-17-23-20-5-31-17)13(16(28)29)25(7)15(11)27/h1,4-5,7,11,30H,2-3H2,(H2,19,21)(H,22,26)(H,28,29)/b24-12-. The first-order chi connectivity index (χ1) is 15.3. The number of thioether (sulfide) groups is 1. The lowest BCUT2D eigenvalue weighted by atomic mass is 9.86. The summed E-state index contributed by atoms with van der Waals surface area (Å²) < 4.78 is 0.560. The molecule has 5 N–H and O–H groups in total. The second-order valence-corrected chi connectivity index (χ2v) is 9.25. The molecular weight excluding hydrogens is 482 g/mol. The fourth-order valence-electron chi connectivity index (χ4n) is 3.47. The van der Waals surface area contributed by atoms with E-state index in [0.29, 0.717) is 22.1 Å². The molecule has 4 rings (SSSR count). The number of rotatable bonds is 6. The summed E-state index contributed by atoms with van der Waals surface area (Å²) >= 11 is 8.42. The lowest BCUT2D eigenvalue weighted by molar-refractivity contribution is -0.155. The van der Waals surface area contributed by atoms with E-state index < -0.39 is 35.6 Å². The minimum Gasteiger partial charge on any atom is -0.477 e. The number of aromatic nitrogens is 3. The van der Waals surface area contributed by atoms with Crippen LogP contribution in [-0.2, 0) is 14.4 Å². The van der Waals surface area contributed by atoms with Crippen molar-refractivity contribution in [3.8, 4) is 0 Å². The number of carboxylic acid groups (broad SMARTS) is 1. The predicted molar refractivity (Wildman–Crippen MR) is 114 cm³/mol. The highest BCUT2D eigenvalue weighted by molar-refractivity contribution is 8.04. The number of anilines is 1. The highest BCUT2D eigenvalue weighted by atomic mass is 35.5. The van der Waals surface area contributed by atoms with Crippen molar-refractivity contribution in [3.63, 3.8) is 0 Å². The molecule has 12 nitrogen and oxygen atoms in total. The van der Waals surface area contributed by atoms with E-state index in [1.165, 1.54) is 29.0 Å². The van der Waals surface area contributed by atoms with Gasteiger partial charge in [0, 0.05) is 4.91 Å². The molecule has 2 aromatic heterocycles. The number of nitrogens with two attached hydrogens (primary N) is 1. The quantitative estimate of drug-likeness (QED) is 0.194. The van der Waals surface area contributed by atoms with Crippen LogP contribution in [0.25, 0.3) is 0 Å². The Morgan fingerprint density at radius 3 is 2.84 bits per heavy atom. The predicted octanol–water partition coefficient (Wildman–Crippen LogP) is 0.925.